The normalized spacial score (nSPS) is 17.6. The molecule has 0 unspecified atom stereocenters. The average molecular weight is 1780 g/mol. The molecule has 12 aromatic rings. The molecule has 0 saturated heterocycles. The summed E-state index contributed by atoms with van der Waals surface area (Å²) in [6.07, 6.45) is 48.1. The first-order chi connectivity index (χ1) is 57.8. The molecule has 123 heavy (non-hydrogen) atoms. The van der Waals surface area contributed by atoms with Crippen LogP contribution in [0.15, 0.2) is 146 Å². The molecule has 0 atom stereocenters. The third-order valence-electron chi connectivity index (χ3n) is 32.0. The van der Waals surface area contributed by atoms with E-state index in [0.717, 1.165) is 23.7 Å². The topological polar surface area (TPSA) is 0 Å². The fourth-order valence-corrected chi connectivity index (χ4v) is 31.1. The van der Waals surface area contributed by atoms with Crippen LogP contribution < -0.4 is 45.6 Å². The van der Waals surface area contributed by atoms with E-state index in [0.29, 0.717) is 0 Å². The average Bonchev–Trinajstić information content (AvgIpc) is 1.58. The van der Waals surface area contributed by atoms with Crippen molar-refractivity contribution in [3.05, 3.63) is 235 Å². The van der Waals surface area contributed by atoms with Crippen molar-refractivity contribution in [3.63, 3.8) is 0 Å². The Labute approximate surface area is 777 Å². The Morgan fingerprint density at radius 3 is 0.618 bits per heavy atom. The summed E-state index contributed by atoms with van der Waals surface area (Å²) in [5.74, 6) is 3.26. The molecule has 644 valence electrons. The summed E-state index contributed by atoms with van der Waals surface area (Å²) in [6.45, 7) is 33.7. The molecule has 0 bridgehead atoms. The van der Waals surface area contributed by atoms with E-state index in [2.05, 4.69) is 242 Å². The van der Waals surface area contributed by atoms with Crippen LogP contribution in [0.4, 0.5) is 0 Å². The Morgan fingerprint density at radius 2 is 0.439 bits per heavy atom. The molecule has 0 spiro atoms. The number of halogens is 2. The Bertz CT molecular complexity index is 5030. The zero-order valence-electron chi connectivity index (χ0n) is 77.9. The predicted octanol–water partition coefficient (Wildman–Crippen LogP) is 23.6. The van der Waals surface area contributed by atoms with Crippen molar-refractivity contribution in [2.45, 2.75) is 349 Å². The van der Waals surface area contributed by atoms with E-state index in [4.69, 9.17) is 0 Å². The summed E-state index contributed by atoms with van der Waals surface area (Å²) in [5, 5.41) is 19.8. The molecule has 12 aromatic carbocycles. The van der Waals surface area contributed by atoms with Crippen molar-refractivity contribution in [1.82, 2.24) is 0 Å². The Morgan fingerprint density at radius 1 is 0.252 bits per heavy atom. The molecule has 8 aliphatic rings. The molecular formula is C118H142Cl2Si2Zr-4. The summed E-state index contributed by atoms with van der Waals surface area (Å²) in [5.41, 5.74) is 38.3. The number of fused-ring (bicyclic) bond motifs is 8. The van der Waals surface area contributed by atoms with Crippen LogP contribution in [0.2, 0.25) is 13.1 Å². The summed E-state index contributed by atoms with van der Waals surface area (Å²) in [4.78, 5) is 0. The zero-order chi connectivity index (χ0) is 82.7. The van der Waals surface area contributed by atoms with Crippen molar-refractivity contribution in [1.29, 1.82) is 0 Å². The molecule has 8 aliphatic carbocycles. The van der Waals surface area contributed by atoms with Gasteiger partial charge in [-0.2, -0.15) is 24.3 Å². The van der Waals surface area contributed by atoms with E-state index >= 15 is 0 Å². The van der Waals surface area contributed by atoms with Crippen LogP contribution in [0.1, 0.15) is 326 Å². The molecule has 0 amide bonds. The third kappa shape index (κ3) is 18.0. The van der Waals surface area contributed by atoms with Gasteiger partial charge >= 0.3 is 26.2 Å². The molecule has 20 rings (SSSR count). The molecule has 0 N–H and O–H groups in total. The Balaban J connectivity index is 0.000000178. The van der Waals surface area contributed by atoms with Crippen LogP contribution >= 0.6 is 0 Å². The number of rotatable bonds is 16. The van der Waals surface area contributed by atoms with Gasteiger partial charge in [-0.05, 0) is 193 Å². The quantitative estimate of drug-likeness (QED) is 0.0668. The molecule has 0 nitrogen and oxygen atoms in total. The maximum atomic E-state index is 2.77. The van der Waals surface area contributed by atoms with Crippen LogP contribution in [-0.4, -0.2) is 17.6 Å². The molecule has 0 aliphatic heterocycles. The van der Waals surface area contributed by atoms with Gasteiger partial charge in [-0.3, -0.25) is 0 Å². The SMILES string of the molecule is C[Si]([c-]1c(CC2CCCCC2)cc2c(-c3ccc(C(C)(C)C)cc3)c3c(cc21)CCC3)[c-]1c(CC2CCCCC2)cc2c(-c3ccc(C(C)(C)C)cc3)c3c(cc21)CCC3.C[Si]([c-]1c(CC2CCCCC2)cc2c(-c3ccc(C(C)(C)C)cc3)c3c(cc21)CCC3)[c-]1c(CC2CCCCC2)cc2c(-c3ccc(C(C)(C)C)cc3)c3c(cc21)CCC3.[Cl-].[Cl-].[Zr+2]. The van der Waals surface area contributed by atoms with Gasteiger partial charge in [-0.15, -0.1) is 110 Å². The van der Waals surface area contributed by atoms with Crippen LogP contribution in [-0.2, 0) is 125 Å². The Kier molecular flexibility index (Phi) is 27.2. The molecule has 4 saturated carbocycles. The monoisotopic (exact) mass is 1770 g/mol. The van der Waals surface area contributed by atoms with E-state index in [1.807, 2.05) is 0 Å². The van der Waals surface area contributed by atoms with Gasteiger partial charge in [0.25, 0.3) is 0 Å². The number of hydrogen-bond donors (Lipinski definition) is 0. The van der Waals surface area contributed by atoms with Gasteiger partial charge in [-0.1, -0.05) is 388 Å². The first-order valence-electron chi connectivity index (χ1n) is 49.0. The number of aryl methyl sites for hydroxylation is 4. The van der Waals surface area contributed by atoms with E-state index < -0.39 is 17.6 Å². The minimum Gasteiger partial charge on any atom is -1.00 e. The van der Waals surface area contributed by atoms with Crippen LogP contribution in [0.5, 0.6) is 0 Å². The molecular weight excluding hydrogens is 1640 g/mol. The van der Waals surface area contributed by atoms with Gasteiger partial charge in [0.2, 0.25) is 0 Å². The molecule has 5 heteroatoms. The standard InChI is InChI=1S/2C59H71Si.2ClH.Zr/c2*1-58(2,3)46-28-24-40(25-29-46)54-48-22-14-20-42(48)34-52-50(54)36-44(32-38-16-10-8-11-17-38)56(52)60(7)57-45(33-39-18-12-9-13-19-39)37-51-53(57)35-43-21-15-23-49(43)55(51)41-26-30-47(31-27-41)59(4,5)6;;;/h2*24-31,34-39H,8-23,32-33H2,1-7H3;2*1H;/q2*-2;;;+2/p-2. The van der Waals surface area contributed by atoms with E-state index in [9.17, 15) is 0 Å². The van der Waals surface area contributed by atoms with Crippen molar-refractivity contribution in [2.75, 3.05) is 0 Å². The van der Waals surface area contributed by atoms with Crippen molar-refractivity contribution in [2.24, 2.45) is 23.7 Å². The van der Waals surface area contributed by atoms with Crippen LogP contribution in [0.3, 0.4) is 0 Å². The minimum atomic E-state index is -1.15. The largest absolute Gasteiger partial charge is 2.00 e. The van der Waals surface area contributed by atoms with Gasteiger partial charge in [-0.25, -0.2) is 0 Å². The maximum absolute atomic E-state index is 2.77. The smallest absolute Gasteiger partial charge is 1.00 e. The first-order valence-corrected chi connectivity index (χ1v) is 53.0. The van der Waals surface area contributed by atoms with Gasteiger partial charge in [0.15, 0.2) is 0 Å². The molecule has 4 fully saturated rings. The first kappa shape index (κ1) is 90.4. The summed E-state index contributed by atoms with van der Waals surface area (Å²) >= 11 is 0. The summed E-state index contributed by atoms with van der Waals surface area (Å²) in [6, 6.07) is 61.3. The predicted molar refractivity (Wildman–Crippen MR) is 526 cm³/mol. The summed E-state index contributed by atoms with van der Waals surface area (Å²) in [7, 11) is -2.30. The maximum Gasteiger partial charge on any atom is 2.00 e. The second-order valence-corrected chi connectivity index (χ2v) is 48.9. The second-order valence-electron chi connectivity index (χ2n) is 44.4. The van der Waals surface area contributed by atoms with Crippen molar-refractivity contribution < 1.29 is 51.0 Å². The third-order valence-corrected chi connectivity index (χ3v) is 37.4. The van der Waals surface area contributed by atoms with E-state index in [1.54, 1.807) is 153 Å². The van der Waals surface area contributed by atoms with E-state index in [1.165, 1.54) is 276 Å². The molecule has 0 aromatic heterocycles. The van der Waals surface area contributed by atoms with Gasteiger partial charge in [0.1, 0.15) is 0 Å². The fourth-order valence-electron chi connectivity index (χ4n) is 25.5. The van der Waals surface area contributed by atoms with Gasteiger partial charge < -0.3 is 24.8 Å². The number of hydrogen-bond acceptors (Lipinski definition) is 0. The fraction of sp³-hybridized carbons (Fsp3) is 0.492. The van der Waals surface area contributed by atoms with Gasteiger partial charge in [0, 0.05) is 17.6 Å². The Hall–Kier alpha value is -5.90. The van der Waals surface area contributed by atoms with E-state index in [-0.39, 0.29) is 72.7 Å². The van der Waals surface area contributed by atoms with Crippen molar-refractivity contribution in [3.8, 4) is 44.5 Å². The zero-order valence-corrected chi connectivity index (χ0v) is 83.8. The second kappa shape index (κ2) is 36.9. The summed E-state index contributed by atoms with van der Waals surface area (Å²) < 4.78 is 0. The minimum absolute atomic E-state index is 0. The van der Waals surface area contributed by atoms with Gasteiger partial charge in [0.05, 0.1) is 0 Å². The molecule has 0 heterocycles. The molecule has 2 radical (unpaired) electrons. The van der Waals surface area contributed by atoms with Crippen molar-refractivity contribution >= 4 is 81.4 Å². The van der Waals surface area contributed by atoms with Crippen LogP contribution in [0.25, 0.3) is 87.6 Å². The van der Waals surface area contributed by atoms with Crippen LogP contribution in [0, 0.1) is 23.7 Å². The number of benzene rings is 8.